The molecule has 0 heterocycles. The van der Waals surface area contributed by atoms with Gasteiger partial charge < -0.3 is 4.74 Å². The van der Waals surface area contributed by atoms with Crippen LogP contribution in [-0.2, 0) is 14.8 Å². The summed E-state index contributed by atoms with van der Waals surface area (Å²) in [5.41, 5.74) is 2.03. The number of para-hydroxylation sites is 1. The van der Waals surface area contributed by atoms with Crippen molar-refractivity contribution in [3.8, 4) is 11.8 Å². The molecule has 2 rings (SSSR count). The Morgan fingerprint density at radius 3 is 2.58 bits per heavy atom. The molecule has 24 heavy (non-hydrogen) atoms. The normalized spacial score (nSPS) is 10.5. The van der Waals surface area contributed by atoms with Crippen molar-refractivity contribution in [3.63, 3.8) is 0 Å². The van der Waals surface area contributed by atoms with E-state index < -0.39 is 10.0 Å². The van der Waals surface area contributed by atoms with E-state index in [4.69, 9.17) is 4.74 Å². The van der Waals surface area contributed by atoms with Crippen molar-refractivity contribution in [3.05, 3.63) is 72.3 Å². The van der Waals surface area contributed by atoms with Crippen molar-refractivity contribution < 1.29 is 13.2 Å². The minimum atomic E-state index is -3.65. The summed E-state index contributed by atoms with van der Waals surface area (Å²) >= 11 is 0. The first kappa shape index (κ1) is 17.8. The lowest BCUT2D eigenvalue weighted by atomic mass is 10.2. The summed E-state index contributed by atoms with van der Waals surface area (Å²) in [6.07, 6.45) is 1.64. The van der Waals surface area contributed by atoms with Gasteiger partial charge in [-0.1, -0.05) is 47.7 Å². The second-order valence-corrected chi connectivity index (χ2v) is 6.75. The number of benzene rings is 2. The monoisotopic (exact) mass is 341 g/mol. The minimum Gasteiger partial charge on any atom is -0.365 e. The molecule has 0 saturated heterocycles. The summed E-state index contributed by atoms with van der Waals surface area (Å²) in [4.78, 5) is 0.213. The molecule has 4 nitrogen and oxygen atoms in total. The average molecular weight is 341 g/mol. The fraction of sp³-hybridized carbons (Fsp3) is 0.158. The van der Waals surface area contributed by atoms with Crippen LogP contribution in [0.3, 0.4) is 0 Å². The molecule has 2 aromatic rings. The van der Waals surface area contributed by atoms with E-state index in [2.05, 4.69) is 23.1 Å². The molecule has 0 aliphatic rings. The van der Waals surface area contributed by atoms with E-state index in [1.54, 1.807) is 54.6 Å². The van der Waals surface area contributed by atoms with Crippen LogP contribution in [0.5, 0.6) is 0 Å². The maximum Gasteiger partial charge on any atom is 0.261 e. The lowest BCUT2D eigenvalue weighted by Gasteiger charge is -2.10. The number of aryl methyl sites for hydroxylation is 1. The van der Waals surface area contributed by atoms with Gasteiger partial charge in [-0.15, -0.1) is 6.58 Å². The Labute approximate surface area is 143 Å². The van der Waals surface area contributed by atoms with Crippen LogP contribution in [0, 0.1) is 18.8 Å². The van der Waals surface area contributed by atoms with Gasteiger partial charge in [0.2, 0.25) is 0 Å². The predicted octanol–water partition coefficient (Wildman–Crippen LogP) is 3.35. The van der Waals surface area contributed by atoms with Crippen LogP contribution in [-0.4, -0.2) is 21.6 Å². The van der Waals surface area contributed by atoms with Crippen LogP contribution in [0.2, 0.25) is 0 Å². The highest BCUT2D eigenvalue weighted by molar-refractivity contribution is 7.92. The quantitative estimate of drug-likeness (QED) is 0.498. The van der Waals surface area contributed by atoms with Gasteiger partial charge in [0, 0.05) is 5.56 Å². The Morgan fingerprint density at radius 1 is 1.17 bits per heavy atom. The molecule has 5 heteroatoms. The lowest BCUT2D eigenvalue weighted by molar-refractivity contribution is 0.199. The summed E-state index contributed by atoms with van der Waals surface area (Å²) in [5.74, 6) is 5.77. The van der Waals surface area contributed by atoms with E-state index in [1.165, 1.54) is 0 Å². The molecule has 0 saturated carbocycles. The standard InChI is InChI=1S/C19H19NO3S/c1-3-14-23-15-6-8-17-7-4-5-9-19(17)20-24(21,22)18-12-10-16(2)11-13-18/h3-5,7,9-13,20H,1,14-15H2,2H3. The van der Waals surface area contributed by atoms with Gasteiger partial charge in [-0.25, -0.2) is 8.42 Å². The predicted molar refractivity (Wildman–Crippen MR) is 96.3 cm³/mol. The zero-order chi connectivity index (χ0) is 17.4. The van der Waals surface area contributed by atoms with Crippen molar-refractivity contribution in [1.29, 1.82) is 0 Å². The highest BCUT2D eigenvalue weighted by atomic mass is 32.2. The number of rotatable bonds is 6. The summed E-state index contributed by atoms with van der Waals surface area (Å²) in [6, 6.07) is 13.7. The van der Waals surface area contributed by atoms with Crippen LogP contribution >= 0.6 is 0 Å². The molecule has 0 atom stereocenters. The van der Waals surface area contributed by atoms with E-state index in [0.717, 1.165) is 5.56 Å². The topological polar surface area (TPSA) is 55.4 Å². The Bertz CT molecular complexity index is 859. The van der Waals surface area contributed by atoms with E-state index in [-0.39, 0.29) is 11.5 Å². The first-order chi connectivity index (χ1) is 11.5. The molecule has 0 radical (unpaired) electrons. The van der Waals surface area contributed by atoms with Crippen LogP contribution < -0.4 is 4.72 Å². The molecular weight excluding hydrogens is 322 g/mol. The Balaban J connectivity index is 2.20. The molecule has 0 aliphatic carbocycles. The van der Waals surface area contributed by atoms with Gasteiger partial charge in [0.1, 0.15) is 6.61 Å². The first-order valence-corrected chi connectivity index (χ1v) is 8.87. The summed E-state index contributed by atoms with van der Waals surface area (Å²) in [7, 11) is -3.65. The molecule has 2 aromatic carbocycles. The molecule has 0 unspecified atom stereocenters. The molecule has 0 amide bonds. The third kappa shape index (κ3) is 4.98. The number of hydrogen-bond acceptors (Lipinski definition) is 3. The maximum atomic E-state index is 12.5. The molecule has 0 aliphatic heterocycles. The second kappa shape index (κ2) is 8.34. The molecule has 0 bridgehead atoms. The zero-order valence-corrected chi connectivity index (χ0v) is 14.3. The van der Waals surface area contributed by atoms with Gasteiger partial charge in [-0.05, 0) is 31.2 Å². The number of sulfonamides is 1. The highest BCUT2D eigenvalue weighted by Gasteiger charge is 2.15. The number of ether oxygens (including phenoxy) is 1. The highest BCUT2D eigenvalue weighted by Crippen LogP contribution is 2.19. The Hall–Kier alpha value is -2.55. The van der Waals surface area contributed by atoms with Crippen LogP contribution in [0.25, 0.3) is 0 Å². The summed E-state index contributed by atoms with van der Waals surface area (Å²) in [5, 5.41) is 0. The van der Waals surface area contributed by atoms with Crippen LogP contribution in [0.1, 0.15) is 11.1 Å². The van der Waals surface area contributed by atoms with Gasteiger partial charge in [-0.3, -0.25) is 4.72 Å². The third-order valence-corrected chi connectivity index (χ3v) is 4.52. The molecule has 0 fully saturated rings. The van der Waals surface area contributed by atoms with Crippen molar-refractivity contribution in [2.75, 3.05) is 17.9 Å². The average Bonchev–Trinajstić information content (AvgIpc) is 2.56. The fourth-order valence-electron chi connectivity index (χ4n) is 1.93. The lowest BCUT2D eigenvalue weighted by Crippen LogP contribution is -2.13. The largest absolute Gasteiger partial charge is 0.365 e. The van der Waals surface area contributed by atoms with Gasteiger partial charge in [0.15, 0.2) is 0 Å². The molecule has 1 N–H and O–H groups in total. The first-order valence-electron chi connectivity index (χ1n) is 7.39. The van der Waals surface area contributed by atoms with Crippen molar-refractivity contribution >= 4 is 15.7 Å². The maximum absolute atomic E-state index is 12.5. The SMILES string of the molecule is C=CCOCC#Cc1ccccc1NS(=O)(=O)c1ccc(C)cc1. The summed E-state index contributed by atoms with van der Waals surface area (Å²) in [6.45, 7) is 6.14. The van der Waals surface area contributed by atoms with Crippen molar-refractivity contribution in [1.82, 2.24) is 0 Å². The molecule has 0 spiro atoms. The minimum absolute atomic E-state index is 0.213. The van der Waals surface area contributed by atoms with Gasteiger partial charge >= 0.3 is 0 Å². The third-order valence-electron chi connectivity index (χ3n) is 3.14. The molecule has 0 aromatic heterocycles. The second-order valence-electron chi connectivity index (χ2n) is 5.07. The number of nitrogens with one attached hydrogen (secondary N) is 1. The summed E-state index contributed by atoms with van der Waals surface area (Å²) < 4.78 is 32.8. The fourth-order valence-corrected chi connectivity index (χ4v) is 3.01. The van der Waals surface area contributed by atoms with Crippen LogP contribution in [0.4, 0.5) is 5.69 Å². The van der Waals surface area contributed by atoms with Gasteiger partial charge in [0.05, 0.1) is 17.2 Å². The number of anilines is 1. The Morgan fingerprint density at radius 2 is 1.88 bits per heavy atom. The Kier molecular flexibility index (Phi) is 6.19. The molecule has 124 valence electrons. The van der Waals surface area contributed by atoms with Crippen LogP contribution in [0.15, 0.2) is 66.1 Å². The van der Waals surface area contributed by atoms with Crippen molar-refractivity contribution in [2.24, 2.45) is 0 Å². The van der Waals surface area contributed by atoms with Gasteiger partial charge in [-0.2, -0.15) is 0 Å². The van der Waals surface area contributed by atoms with E-state index in [1.807, 2.05) is 6.92 Å². The smallest absolute Gasteiger partial charge is 0.261 e. The molecular formula is C19H19NO3S. The van der Waals surface area contributed by atoms with Gasteiger partial charge in [0.25, 0.3) is 10.0 Å². The zero-order valence-electron chi connectivity index (χ0n) is 13.5. The number of hydrogen-bond donors (Lipinski definition) is 1. The van der Waals surface area contributed by atoms with E-state index in [0.29, 0.717) is 17.9 Å². The van der Waals surface area contributed by atoms with E-state index >= 15 is 0 Å². The van der Waals surface area contributed by atoms with E-state index in [9.17, 15) is 8.42 Å². The van der Waals surface area contributed by atoms with Crippen molar-refractivity contribution in [2.45, 2.75) is 11.8 Å².